The van der Waals surface area contributed by atoms with Crippen molar-refractivity contribution in [3.63, 3.8) is 0 Å². The number of carbonyl (C=O) groups is 1. The minimum atomic E-state index is -0.992. The van der Waals surface area contributed by atoms with Gasteiger partial charge in [-0.05, 0) is 23.7 Å². The number of benzene rings is 1. The number of fused-ring (bicyclic) bond motifs is 1. The van der Waals surface area contributed by atoms with Gasteiger partial charge in [0.2, 0.25) is 5.28 Å². The van der Waals surface area contributed by atoms with Gasteiger partial charge in [0.05, 0.1) is 11.0 Å². The molecule has 0 amide bonds. The first-order chi connectivity index (χ1) is 7.16. The van der Waals surface area contributed by atoms with Crippen molar-refractivity contribution in [1.82, 2.24) is 9.97 Å². The number of nitrogens with zero attached hydrogens (tertiary/aromatic N) is 1. The van der Waals surface area contributed by atoms with Gasteiger partial charge in [0.15, 0.2) is 0 Å². The summed E-state index contributed by atoms with van der Waals surface area (Å²) in [5, 5.41) is 8.80. The maximum atomic E-state index is 10.4. The van der Waals surface area contributed by atoms with Crippen LogP contribution in [0.25, 0.3) is 17.1 Å². The van der Waals surface area contributed by atoms with E-state index in [1.54, 1.807) is 12.1 Å². The average molecular weight is 223 g/mol. The van der Waals surface area contributed by atoms with Gasteiger partial charge in [0.25, 0.3) is 0 Å². The number of carboxylic acid groups (broad SMARTS) is 1. The number of hydrogen-bond donors (Lipinski definition) is 2. The van der Waals surface area contributed by atoms with Gasteiger partial charge in [-0.2, -0.15) is 0 Å². The van der Waals surface area contributed by atoms with Crippen molar-refractivity contribution in [3.05, 3.63) is 35.1 Å². The zero-order chi connectivity index (χ0) is 10.8. The van der Waals surface area contributed by atoms with Crippen molar-refractivity contribution in [1.29, 1.82) is 0 Å². The van der Waals surface area contributed by atoms with E-state index in [0.717, 1.165) is 17.2 Å². The lowest BCUT2D eigenvalue weighted by atomic mass is 10.2. The van der Waals surface area contributed by atoms with Gasteiger partial charge >= 0.3 is 5.97 Å². The topological polar surface area (TPSA) is 66.0 Å². The highest BCUT2D eigenvalue weighted by Crippen LogP contribution is 2.19. The summed E-state index contributed by atoms with van der Waals surface area (Å²) >= 11 is 5.71. The van der Waals surface area contributed by atoms with Crippen molar-refractivity contribution < 1.29 is 9.90 Å². The van der Waals surface area contributed by atoms with Crippen molar-refractivity contribution in [2.24, 2.45) is 0 Å². The van der Waals surface area contributed by atoms with Crippen LogP contribution >= 0.6 is 11.6 Å². The van der Waals surface area contributed by atoms with Gasteiger partial charge < -0.3 is 10.1 Å². The van der Waals surface area contributed by atoms with Crippen molar-refractivity contribution in [2.75, 3.05) is 0 Å². The van der Waals surface area contributed by atoms with Crippen LogP contribution in [0.1, 0.15) is 5.56 Å². The second kappa shape index (κ2) is 3.74. The molecule has 1 aromatic heterocycles. The van der Waals surface area contributed by atoms with Gasteiger partial charge in [-0.15, -0.1) is 0 Å². The summed E-state index contributed by atoms with van der Waals surface area (Å²) in [7, 11) is 0. The molecule has 0 aliphatic heterocycles. The Morgan fingerprint density at radius 2 is 2.33 bits per heavy atom. The SMILES string of the molecule is O=C(O)C=Cc1cccc2[nH]c(Cl)nc12. The molecule has 2 aromatic rings. The molecule has 2 N–H and O–H groups in total. The Balaban J connectivity index is 2.55. The van der Waals surface area contributed by atoms with Crippen LogP contribution in [-0.2, 0) is 4.79 Å². The van der Waals surface area contributed by atoms with E-state index in [1.165, 1.54) is 6.08 Å². The molecule has 0 fully saturated rings. The monoisotopic (exact) mass is 222 g/mol. The highest BCUT2D eigenvalue weighted by molar-refractivity contribution is 6.29. The number of aromatic amines is 1. The Bertz CT molecular complexity index is 545. The standard InChI is InChI=1S/C10H7ClN2O2/c11-10-12-7-3-1-2-6(9(7)13-10)4-5-8(14)15/h1-5H,(H,12,13)(H,14,15). The second-order valence-corrected chi connectivity index (χ2v) is 3.30. The molecule has 0 spiro atoms. The third-order valence-corrected chi connectivity index (χ3v) is 2.10. The second-order valence-electron chi connectivity index (χ2n) is 2.94. The fraction of sp³-hybridized carbons (Fsp3) is 0. The molecule has 0 unspecified atom stereocenters. The first-order valence-electron chi connectivity index (χ1n) is 4.22. The number of aromatic nitrogens is 2. The summed E-state index contributed by atoms with van der Waals surface area (Å²) in [6.07, 6.45) is 2.55. The summed E-state index contributed by atoms with van der Waals surface area (Å²) in [6.45, 7) is 0. The molecule has 0 bridgehead atoms. The van der Waals surface area contributed by atoms with Gasteiger partial charge in [0.1, 0.15) is 0 Å². The van der Waals surface area contributed by atoms with E-state index in [1.807, 2.05) is 6.07 Å². The van der Waals surface area contributed by atoms with Crippen LogP contribution in [-0.4, -0.2) is 21.0 Å². The first-order valence-corrected chi connectivity index (χ1v) is 4.60. The van der Waals surface area contributed by atoms with Crippen LogP contribution in [0.2, 0.25) is 5.28 Å². The Kier molecular flexibility index (Phi) is 2.43. The zero-order valence-corrected chi connectivity index (χ0v) is 8.32. The van der Waals surface area contributed by atoms with Crippen molar-refractivity contribution in [2.45, 2.75) is 0 Å². The van der Waals surface area contributed by atoms with Crippen LogP contribution in [0.15, 0.2) is 24.3 Å². The Morgan fingerprint density at radius 3 is 3.07 bits per heavy atom. The van der Waals surface area contributed by atoms with Crippen LogP contribution in [0.3, 0.4) is 0 Å². The van der Waals surface area contributed by atoms with Crippen LogP contribution in [0.5, 0.6) is 0 Å². The van der Waals surface area contributed by atoms with Gasteiger partial charge in [-0.25, -0.2) is 9.78 Å². The molecule has 0 radical (unpaired) electrons. The molecule has 0 aliphatic carbocycles. The fourth-order valence-corrected chi connectivity index (χ4v) is 1.51. The van der Waals surface area contributed by atoms with E-state index in [0.29, 0.717) is 10.8 Å². The number of halogens is 1. The summed E-state index contributed by atoms with van der Waals surface area (Å²) in [4.78, 5) is 17.3. The molecule has 4 nitrogen and oxygen atoms in total. The van der Waals surface area contributed by atoms with E-state index in [4.69, 9.17) is 16.7 Å². The molecule has 15 heavy (non-hydrogen) atoms. The summed E-state index contributed by atoms with van der Waals surface area (Å²) in [5.74, 6) is -0.992. The fourth-order valence-electron chi connectivity index (χ4n) is 1.32. The third kappa shape index (κ3) is 1.99. The molecule has 0 aliphatic rings. The Labute approximate surface area is 90.2 Å². The lowest BCUT2D eigenvalue weighted by molar-refractivity contribution is -0.131. The summed E-state index contributed by atoms with van der Waals surface area (Å²) < 4.78 is 0. The number of H-pyrrole nitrogens is 1. The van der Waals surface area contributed by atoms with E-state index in [2.05, 4.69) is 9.97 Å². The average Bonchev–Trinajstić information content (AvgIpc) is 2.55. The first kappa shape index (κ1) is 9.73. The van der Waals surface area contributed by atoms with E-state index < -0.39 is 5.97 Å². The molecule has 0 saturated carbocycles. The molecule has 5 heteroatoms. The minimum Gasteiger partial charge on any atom is -0.478 e. The largest absolute Gasteiger partial charge is 0.478 e. The van der Waals surface area contributed by atoms with Gasteiger partial charge in [0, 0.05) is 11.6 Å². The predicted molar refractivity (Wildman–Crippen MR) is 57.8 cm³/mol. The lowest BCUT2D eigenvalue weighted by Gasteiger charge is -1.93. The predicted octanol–water partition coefficient (Wildman–Crippen LogP) is 2.31. The zero-order valence-electron chi connectivity index (χ0n) is 7.57. The van der Waals surface area contributed by atoms with E-state index >= 15 is 0 Å². The number of aliphatic carboxylic acids is 1. The van der Waals surface area contributed by atoms with Gasteiger partial charge in [-0.1, -0.05) is 12.1 Å². The maximum Gasteiger partial charge on any atom is 0.328 e. The number of nitrogens with one attached hydrogen (secondary N) is 1. The Hall–Kier alpha value is -1.81. The lowest BCUT2D eigenvalue weighted by Crippen LogP contribution is -1.86. The Morgan fingerprint density at radius 1 is 1.53 bits per heavy atom. The maximum absolute atomic E-state index is 10.4. The van der Waals surface area contributed by atoms with E-state index in [-0.39, 0.29) is 0 Å². The third-order valence-electron chi connectivity index (χ3n) is 1.92. The molecular weight excluding hydrogens is 216 g/mol. The van der Waals surface area contributed by atoms with E-state index in [9.17, 15) is 4.79 Å². The quantitative estimate of drug-likeness (QED) is 0.767. The normalized spacial score (nSPS) is 11.3. The van der Waals surface area contributed by atoms with Crippen molar-refractivity contribution >= 4 is 34.7 Å². The highest BCUT2D eigenvalue weighted by Gasteiger charge is 2.03. The molecular formula is C10H7ClN2O2. The highest BCUT2D eigenvalue weighted by atomic mass is 35.5. The minimum absolute atomic E-state index is 0.293. The van der Waals surface area contributed by atoms with Crippen LogP contribution in [0.4, 0.5) is 0 Å². The van der Waals surface area contributed by atoms with Crippen molar-refractivity contribution in [3.8, 4) is 0 Å². The summed E-state index contributed by atoms with van der Waals surface area (Å²) in [5.41, 5.74) is 2.17. The van der Waals surface area contributed by atoms with Gasteiger partial charge in [-0.3, -0.25) is 0 Å². The number of para-hydroxylation sites is 1. The molecule has 1 heterocycles. The molecule has 1 aromatic carbocycles. The van der Waals surface area contributed by atoms with Crippen LogP contribution < -0.4 is 0 Å². The number of imidazole rings is 1. The summed E-state index contributed by atoms with van der Waals surface area (Å²) in [6, 6.07) is 5.41. The number of hydrogen-bond acceptors (Lipinski definition) is 2. The molecule has 0 atom stereocenters. The molecule has 0 saturated heterocycles. The molecule has 76 valence electrons. The number of rotatable bonds is 2. The number of carboxylic acids is 1. The smallest absolute Gasteiger partial charge is 0.328 e. The van der Waals surface area contributed by atoms with Crippen LogP contribution in [0, 0.1) is 0 Å². The molecule has 2 rings (SSSR count).